The van der Waals surface area contributed by atoms with Crippen LogP contribution in [0.4, 0.5) is 5.69 Å². The smallest absolute Gasteiger partial charge is 0.336 e. The molecule has 3 aromatic carbocycles. The Bertz CT molecular complexity index is 1320. The zero-order valence-corrected chi connectivity index (χ0v) is 17.5. The van der Waals surface area contributed by atoms with Gasteiger partial charge in [0.2, 0.25) is 5.91 Å². The third kappa shape index (κ3) is 4.44. The van der Waals surface area contributed by atoms with Gasteiger partial charge in [-0.3, -0.25) is 9.69 Å². The number of nitrogens with one attached hydrogen (secondary N) is 1. The monoisotopic (exact) mass is 416 g/mol. The molecule has 2 N–H and O–H groups in total. The number of aromatic hydroxyl groups is 1. The SMILES string of the molecule is CCc1cc2c(CN(C)CC(=O)Nc3cccc4ccccc34)cc(=O)oc2cc1O. The Kier molecular flexibility index (Phi) is 5.73. The lowest BCUT2D eigenvalue weighted by Gasteiger charge is -2.18. The zero-order chi connectivity index (χ0) is 22.0. The van der Waals surface area contributed by atoms with E-state index in [2.05, 4.69) is 5.32 Å². The number of fused-ring (bicyclic) bond motifs is 2. The van der Waals surface area contributed by atoms with Crippen molar-refractivity contribution in [2.24, 2.45) is 0 Å². The zero-order valence-electron chi connectivity index (χ0n) is 17.5. The molecule has 0 aliphatic heterocycles. The molecule has 0 bridgehead atoms. The Morgan fingerprint density at radius 2 is 1.81 bits per heavy atom. The second kappa shape index (κ2) is 8.62. The number of likely N-dealkylation sites (N-methyl/N-ethyl adjacent to an activating group) is 1. The highest BCUT2D eigenvalue weighted by Gasteiger charge is 2.14. The summed E-state index contributed by atoms with van der Waals surface area (Å²) < 4.78 is 5.25. The number of amides is 1. The third-order valence-corrected chi connectivity index (χ3v) is 5.33. The lowest BCUT2D eigenvalue weighted by molar-refractivity contribution is -0.117. The molecular formula is C25H24N2O4. The van der Waals surface area contributed by atoms with E-state index in [1.807, 2.05) is 67.4 Å². The summed E-state index contributed by atoms with van der Waals surface area (Å²) in [5.74, 6) is -0.0314. The average Bonchev–Trinajstić information content (AvgIpc) is 2.73. The molecule has 1 heterocycles. The number of rotatable bonds is 6. The van der Waals surface area contributed by atoms with Crippen LogP contribution in [0.5, 0.6) is 5.75 Å². The van der Waals surface area contributed by atoms with Gasteiger partial charge in [-0.1, -0.05) is 43.3 Å². The summed E-state index contributed by atoms with van der Waals surface area (Å²) in [5.41, 5.74) is 2.15. The van der Waals surface area contributed by atoms with E-state index in [1.165, 1.54) is 12.1 Å². The molecule has 4 aromatic rings. The number of phenolic OH excluding ortho intramolecular Hbond substituents is 1. The van der Waals surface area contributed by atoms with Crippen LogP contribution in [0.1, 0.15) is 18.1 Å². The first-order chi connectivity index (χ1) is 14.9. The van der Waals surface area contributed by atoms with Crippen molar-refractivity contribution in [3.63, 3.8) is 0 Å². The first-order valence-electron chi connectivity index (χ1n) is 10.2. The molecule has 0 unspecified atom stereocenters. The summed E-state index contributed by atoms with van der Waals surface area (Å²) in [4.78, 5) is 26.5. The molecule has 158 valence electrons. The highest BCUT2D eigenvalue weighted by Crippen LogP contribution is 2.27. The number of hydrogen-bond acceptors (Lipinski definition) is 5. The summed E-state index contributed by atoms with van der Waals surface area (Å²) in [5, 5.41) is 15.9. The fourth-order valence-electron chi connectivity index (χ4n) is 3.84. The minimum Gasteiger partial charge on any atom is -0.508 e. The predicted octanol–water partition coefficient (Wildman–Crippen LogP) is 4.28. The van der Waals surface area contributed by atoms with Crippen LogP contribution in [0.15, 0.2) is 69.9 Å². The number of hydrogen-bond donors (Lipinski definition) is 2. The van der Waals surface area contributed by atoms with E-state index in [0.29, 0.717) is 18.5 Å². The topological polar surface area (TPSA) is 82.8 Å². The van der Waals surface area contributed by atoms with Crippen LogP contribution in [0.3, 0.4) is 0 Å². The third-order valence-electron chi connectivity index (χ3n) is 5.33. The molecular weight excluding hydrogens is 392 g/mol. The fraction of sp³-hybridized carbons (Fsp3) is 0.200. The van der Waals surface area contributed by atoms with Gasteiger partial charge in [-0.15, -0.1) is 0 Å². The van der Waals surface area contributed by atoms with Gasteiger partial charge >= 0.3 is 5.63 Å². The van der Waals surface area contributed by atoms with E-state index < -0.39 is 5.63 Å². The molecule has 6 heteroatoms. The van der Waals surface area contributed by atoms with E-state index in [-0.39, 0.29) is 18.2 Å². The van der Waals surface area contributed by atoms with E-state index >= 15 is 0 Å². The maximum Gasteiger partial charge on any atom is 0.336 e. The van der Waals surface area contributed by atoms with Crippen LogP contribution in [-0.4, -0.2) is 29.5 Å². The summed E-state index contributed by atoms with van der Waals surface area (Å²) in [6.45, 7) is 2.49. The number of phenols is 1. The number of anilines is 1. The summed E-state index contributed by atoms with van der Waals surface area (Å²) in [7, 11) is 1.82. The van der Waals surface area contributed by atoms with Gasteiger partial charge in [-0.2, -0.15) is 0 Å². The first kappa shape index (κ1) is 20.6. The van der Waals surface area contributed by atoms with Crippen molar-refractivity contribution in [2.75, 3.05) is 18.9 Å². The average molecular weight is 416 g/mol. The van der Waals surface area contributed by atoms with Gasteiger partial charge < -0.3 is 14.8 Å². The molecule has 1 aromatic heterocycles. The number of aryl methyl sites for hydroxylation is 1. The first-order valence-corrected chi connectivity index (χ1v) is 10.2. The second-order valence-electron chi connectivity index (χ2n) is 7.67. The number of benzene rings is 3. The van der Waals surface area contributed by atoms with Gasteiger partial charge in [0.1, 0.15) is 11.3 Å². The van der Waals surface area contributed by atoms with Crippen LogP contribution < -0.4 is 10.9 Å². The Balaban J connectivity index is 1.53. The normalized spacial score (nSPS) is 11.3. The molecule has 31 heavy (non-hydrogen) atoms. The van der Waals surface area contributed by atoms with Crippen molar-refractivity contribution in [2.45, 2.75) is 19.9 Å². The van der Waals surface area contributed by atoms with Crippen molar-refractivity contribution >= 4 is 33.3 Å². The highest BCUT2D eigenvalue weighted by atomic mass is 16.4. The Morgan fingerprint density at radius 1 is 1.03 bits per heavy atom. The van der Waals surface area contributed by atoms with Crippen LogP contribution in [0.25, 0.3) is 21.7 Å². The lowest BCUT2D eigenvalue weighted by atomic mass is 10.0. The van der Waals surface area contributed by atoms with Crippen molar-refractivity contribution < 1.29 is 14.3 Å². The molecule has 0 spiro atoms. The lowest BCUT2D eigenvalue weighted by Crippen LogP contribution is -2.30. The summed E-state index contributed by atoms with van der Waals surface area (Å²) in [6, 6.07) is 18.5. The van der Waals surface area contributed by atoms with Crippen LogP contribution >= 0.6 is 0 Å². The molecule has 6 nitrogen and oxygen atoms in total. The van der Waals surface area contributed by atoms with Crippen molar-refractivity contribution in [3.8, 4) is 5.75 Å². The quantitative estimate of drug-likeness (QED) is 0.458. The van der Waals surface area contributed by atoms with Crippen molar-refractivity contribution in [1.82, 2.24) is 4.90 Å². The van der Waals surface area contributed by atoms with Gasteiger partial charge in [0.15, 0.2) is 0 Å². The van der Waals surface area contributed by atoms with Crippen LogP contribution in [0, 0.1) is 0 Å². The minimum atomic E-state index is -0.486. The molecule has 0 atom stereocenters. The molecule has 0 radical (unpaired) electrons. The Hall–Kier alpha value is -3.64. The van der Waals surface area contributed by atoms with E-state index in [0.717, 1.165) is 33.0 Å². The minimum absolute atomic E-state index is 0.109. The molecule has 0 fully saturated rings. The maximum absolute atomic E-state index is 12.7. The number of nitrogens with zero attached hydrogens (tertiary/aromatic N) is 1. The molecule has 1 amide bonds. The Labute approximate surface area is 179 Å². The molecule has 4 rings (SSSR count). The largest absolute Gasteiger partial charge is 0.508 e. The van der Waals surface area contributed by atoms with Gasteiger partial charge in [-0.25, -0.2) is 4.79 Å². The van der Waals surface area contributed by atoms with Gasteiger partial charge in [0, 0.05) is 35.1 Å². The van der Waals surface area contributed by atoms with Crippen LogP contribution in [-0.2, 0) is 17.8 Å². The van der Waals surface area contributed by atoms with Crippen molar-refractivity contribution in [1.29, 1.82) is 0 Å². The molecule has 0 aliphatic rings. The number of carbonyl (C=O) groups is 1. The van der Waals surface area contributed by atoms with E-state index in [4.69, 9.17) is 4.42 Å². The van der Waals surface area contributed by atoms with Gasteiger partial charge in [0.05, 0.1) is 6.54 Å². The van der Waals surface area contributed by atoms with Gasteiger partial charge in [-0.05, 0) is 42.1 Å². The maximum atomic E-state index is 12.7. The van der Waals surface area contributed by atoms with E-state index in [1.54, 1.807) is 0 Å². The van der Waals surface area contributed by atoms with Crippen LogP contribution in [0.2, 0.25) is 0 Å². The van der Waals surface area contributed by atoms with Crippen molar-refractivity contribution in [3.05, 3.63) is 82.2 Å². The summed E-state index contributed by atoms with van der Waals surface area (Å²) in [6.07, 6.45) is 0.656. The fourth-order valence-corrected chi connectivity index (χ4v) is 3.84. The Morgan fingerprint density at radius 3 is 2.61 bits per heavy atom. The van der Waals surface area contributed by atoms with Gasteiger partial charge in [0.25, 0.3) is 0 Å². The standard InChI is InChI=1S/C25H24N2O4/c1-3-16-11-20-18(12-25(30)31-23(20)13-22(16)28)14-27(2)15-24(29)26-21-10-6-8-17-7-4-5-9-19(17)21/h4-13,28H,3,14-15H2,1-2H3,(H,26,29). The highest BCUT2D eigenvalue weighted by molar-refractivity contribution is 6.02. The molecule has 0 aliphatic carbocycles. The predicted molar refractivity (Wildman–Crippen MR) is 122 cm³/mol. The molecule has 0 saturated heterocycles. The molecule has 0 saturated carbocycles. The number of carbonyl (C=O) groups excluding carboxylic acids is 1. The summed E-state index contributed by atoms with van der Waals surface area (Å²) >= 11 is 0. The second-order valence-corrected chi connectivity index (χ2v) is 7.67. The van der Waals surface area contributed by atoms with E-state index in [9.17, 15) is 14.7 Å².